The molecule has 21 heavy (non-hydrogen) atoms. The zero-order chi connectivity index (χ0) is 15.3. The molecule has 1 N–H and O–H groups in total. The van der Waals surface area contributed by atoms with Crippen LogP contribution in [0.2, 0.25) is 0 Å². The number of nitrogens with one attached hydrogen (secondary N) is 1. The first kappa shape index (κ1) is 15.9. The molecule has 0 saturated carbocycles. The van der Waals surface area contributed by atoms with E-state index in [1.807, 2.05) is 25.2 Å². The Kier molecular flexibility index (Phi) is 5.31. The molecule has 0 spiro atoms. The molecule has 1 nitrogen and oxygen atoms in total. The van der Waals surface area contributed by atoms with Gasteiger partial charge in [0.25, 0.3) is 0 Å². The summed E-state index contributed by atoms with van der Waals surface area (Å²) in [6, 6.07) is 13.5. The van der Waals surface area contributed by atoms with E-state index in [2.05, 4.69) is 11.4 Å². The van der Waals surface area contributed by atoms with Crippen LogP contribution in [-0.2, 0) is 18.5 Å². The minimum atomic E-state index is -4.27. The molecule has 0 amide bonds. The normalized spacial score (nSPS) is 11.6. The maximum absolute atomic E-state index is 12.5. The second kappa shape index (κ2) is 7.00. The molecule has 0 unspecified atom stereocenters. The van der Waals surface area contributed by atoms with Crippen LogP contribution in [0.25, 0.3) is 0 Å². The average molecular weight is 311 g/mol. The lowest BCUT2D eigenvalue weighted by Crippen LogP contribution is -2.04. The lowest BCUT2D eigenvalue weighted by Gasteiger charge is -2.08. The highest BCUT2D eigenvalue weighted by Gasteiger charge is 2.29. The van der Waals surface area contributed by atoms with Crippen LogP contribution in [0.4, 0.5) is 13.2 Å². The summed E-state index contributed by atoms with van der Waals surface area (Å²) >= 11 is 1.62. The van der Waals surface area contributed by atoms with Gasteiger partial charge in [-0.25, -0.2) is 0 Å². The van der Waals surface area contributed by atoms with Crippen LogP contribution in [-0.4, -0.2) is 7.05 Å². The van der Waals surface area contributed by atoms with Crippen molar-refractivity contribution in [3.63, 3.8) is 0 Å². The molecule has 0 saturated heterocycles. The molecule has 0 aromatic heterocycles. The van der Waals surface area contributed by atoms with Gasteiger partial charge in [0.05, 0.1) is 5.56 Å². The van der Waals surface area contributed by atoms with E-state index in [0.717, 1.165) is 29.1 Å². The standard InChI is InChI=1S/C16H16F3NS/c1-20-10-13-3-2-4-15(9-13)21-11-12-5-7-14(8-6-12)16(17,18)19/h2-9,20H,10-11H2,1H3. The lowest BCUT2D eigenvalue weighted by molar-refractivity contribution is -0.137. The minimum Gasteiger partial charge on any atom is -0.316 e. The predicted octanol–water partition coefficient (Wildman–Crippen LogP) is 4.72. The Morgan fingerprint density at radius 2 is 1.71 bits per heavy atom. The quantitative estimate of drug-likeness (QED) is 0.802. The Morgan fingerprint density at radius 3 is 2.33 bits per heavy atom. The predicted molar refractivity (Wildman–Crippen MR) is 80.2 cm³/mol. The van der Waals surface area contributed by atoms with Crippen LogP contribution in [0.5, 0.6) is 0 Å². The molecule has 0 aliphatic rings. The zero-order valence-electron chi connectivity index (χ0n) is 11.6. The molecular weight excluding hydrogens is 295 g/mol. The number of hydrogen-bond acceptors (Lipinski definition) is 2. The van der Waals surface area contributed by atoms with Gasteiger partial charge in [-0.3, -0.25) is 0 Å². The molecule has 0 aliphatic heterocycles. The van der Waals surface area contributed by atoms with E-state index >= 15 is 0 Å². The maximum atomic E-state index is 12.5. The van der Waals surface area contributed by atoms with E-state index in [0.29, 0.717) is 5.75 Å². The Labute approximate surface area is 126 Å². The fourth-order valence-corrected chi connectivity index (χ4v) is 2.84. The van der Waals surface area contributed by atoms with Crippen molar-refractivity contribution in [2.24, 2.45) is 0 Å². The Bertz CT molecular complexity index is 579. The summed E-state index contributed by atoms with van der Waals surface area (Å²) in [5, 5.41) is 3.09. The smallest absolute Gasteiger partial charge is 0.316 e. The number of halogens is 3. The summed E-state index contributed by atoms with van der Waals surface area (Å²) in [5.41, 5.74) is 1.47. The van der Waals surface area contributed by atoms with Crippen molar-refractivity contribution in [3.8, 4) is 0 Å². The van der Waals surface area contributed by atoms with Crippen molar-refractivity contribution in [2.45, 2.75) is 23.4 Å². The molecule has 5 heteroatoms. The van der Waals surface area contributed by atoms with Gasteiger partial charge in [-0.05, 0) is 42.4 Å². The number of hydrogen-bond donors (Lipinski definition) is 1. The van der Waals surface area contributed by atoms with Gasteiger partial charge in [0.2, 0.25) is 0 Å². The number of alkyl halides is 3. The fourth-order valence-electron chi connectivity index (χ4n) is 1.91. The third-order valence-electron chi connectivity index (χ3n) is 2.97. The molecule has 2 aromatic carbocycles. The van der Waals surface area contributed by atoms with Crippen molar-refractivity contribution in [1.29, 1.82) is 0 Å². The molecule has 2 rings (SSSR count). The molecule has 0 atom stereocenters. The van der Waals surface area contributed by atoms with E-state index in [4.69, 9.17) is 0 Å². The summed E-state index contributed by atoms with van der Waals surface area (Å²) in [5.74, 6) is 0.654. The summed E-state index contributed by atoms with van der Waals surface area (Å²) in [4.78, 5) is 1.11. The van der Waals surface area contributed by atoms with Crippen LogP contribution < -0.4 is 5.32 Å². The zero-order valence-corrected chi connectivity index (χ0v) is 12.4. The fraction of sp³-hybridized carbons (Fsp3) is 0.250. The Balaban J connectivity index is 1.98. The van der Waals surface area contributed by atoms with Crippen LogP contribution in [0, 0.1) is 0 Å². The van der Waals surface area contributed by atoms with E-state index in [9.17, 15) is 13.2 Å². The second-order valence-electron chi connectivity index (χ2n) is 4.66. The molecule has 0 heterocycles. The van der Waals surface area contributed by atoms with Gasteiger partial charge in [-0.15, -0.1) is 11.8 Å². The number of thioether (sulfide) groups is 1. The molecular formula is C16H16F3NS. The van der Waals surface area contributed by atoms with Crippen molar-refractivity contribution in [1.82, 2.24) is 5.32 Å². The summed E-state index contributed by atoms with van der Waals surface area (Å²) in [6.07, 6.45) is -4.27. The Morgan fingerprint density at radius 1 is 1.00 bits per heavy atom. The SMILES string of the molecule is CNCc1cccc(SCc2ccc(C(F)(F)F)cc2)c1. The number of benzene rings is 2. The summed E-state index contributed by atoms with van der Waals surface area (Å²) in [7, 11) is 1.89. The first-order valence-electron chi connectivity index (χ1n) is 6.51. The lowest BCUT2D eigenvalue weighted by atomic mass is 10.1. The highest BCUT2D eigenvalue weighted by molar-refractivity contribution is 7.98. The van der Waals surface area contributed by atoms with E-state index in [1.54, 1.807) is 11.8 Å². The van der Waals surface area contributed by atoms with Gasteiger partial charge in [-0.2, -0.15) is 13.2 Å². The molecule has 0 bridgehead atoms. The second-order valence-corrected chi connectivity index (χ2v) is 5.71. The first-order valence-corrected chi connectivity index (χ1v) is 7.50. The highest BCUT2D eigenvalue weighted by atomic mass is 32.2. The Hall–Kier alpha value is -1.46. The number of rotatable bonds is 5. The van der Waals surface area contributed by atoms with Gasteiger partial charge in [-0.1, -0.05) is 24.3 Å². The van der Waals surface area contributed by atoms with E-state index in [-0.39, 0.29) is 0 Å². The van der Waals surface area contributed by atoms with Gasteiger partial charge in [0.1, 0.15) is 0 Å². The molecule has 0 radical (unpaired) electrons. The van der Waals surface area contributed by atoms with Crippen molar-refractivity contribution >= 4 is 11.8 Å². The molecule has 0 fully saturated rings. The first-order chi connectivity index (χ1) is 9.99. The van der Waals surface area contributed by atoms with Crippen molar-refractivity contribution < 1.29 is 13.2 Å². The van der Waals surface area contributed by atoms with Crippen LogP contribution >= 0.6 is 11.8 Å². The van der Waals surface area contributed by atoms with Gasteiger partial charge < -0.3 is 5.32 Å². The minimum absolute atomic E-state index is 0.604. The average Bonchev–Trinajstić information content (AvgIpc) is 2.45. The van der Waals surface area contributed by atoms with Gasteiger partial charge >= 0.3 is 6.18 Å². The van der Waals surface area contributed by atoms with Crippen LogP contribution in [0.15, 0.2) is 53.4 Å². The highest BCUT2D eigenvalue weighted by Crippen LogP contribution is 2.30. The topological polar surface area (TPSA) is 12.0 Å². The monoisotopic (exact) mass is 311 g/mol. The van der Waals surface area contributed by atoms with Crippen LogP contribution in [0.1, 0.15) is 16.7 Å². The summed E-state index contributed by atoms with van der Waals surface area (Å²) in [6.45, 7) is 0.800. The molecule has 112 valence electrons. The third-order valence-corrected chi connectivity index (χ3v) is 4.03. The largest absolute Gasteiger partial charge is 0.416 e. The van der Waals surface area contributed by atoms with Crippen LogP contribution in [0.3, 0.4) is 0 Å². The third kappa shape index (κ3) is 4.79. The maximum Gasteiger partial charge on any atom is 0.416 e. The van der Waals surface area contributed by atoms with Gasteiger partial charge in [0, 0.05) is 17.2 Å². The van der Waals surface area contributed by atoms with Crippen molar-refractivity contribution in [3.05, 3.63) is 65.2 Å². The van der Waals surface area contributed by atoms with Crippen molar-refractivity contribution in [2.75, 3.05) is 7.05 Å². The molecule has 0 aliphatic carbocycles. The summed E-state index contributed by atoms with van der Waals surface area (Å²) < 4.78 is 37.4. The van der Waals surface area contributed by atoms with Gasteiger partial charge in [0.15, 0.2) is 0 Å². The van der Waals surface area contributed by atoms with E-state index < -0.39 is 11.7 Å². The molecule has 2 aromatic rings. The van der Waals surface area contributed by atoms with E-state index in [1.165, 1.54) is 17.7 Å².